The van der Waals surface area contributed by atoms with E-state index in [2.05, 4.69) is 21.8 Å². The van der Waals surface area contributed by atoms with Gasteiger partial charge in [0, 0.05) is 26.2 Å². The summed E-state index contributed by atoms with van der Waals surface area (Å²) in [5, 5.41) is 9.98. The summed E-state index contributed by atoms with van der Waals surface area (Å²) < 4.78 is 11.2. The van der Waals surface area contributed by atoms with E-state index < -0.39 is 5.97 Å². The van der Waals surface area contributed by atoms with Gasteiger partial charge in [-0.2, -0.15) is 0 Å². The highest BCUT2D eigenvalue weighted by Crippen LogP contribution is 2.31. The van der Waals surface area contributed by atoms with Crippen molar-refractivity contribution in [1.82, 2.24) is 9.88 Å². The van der Waals surface area contributed by atoms with Crippen LogP contribution in [0.25, 0.3) is 10.2 Å². The second-order valence-corrected chi connectivity index (χ2v) is 7.64. The predicted octanol–water partition coefficient (Wildman–Crippen LogP) is 3.16. The molecule has 1 aromatic heterocycles. The lowest BCUT2D eigenvalue weighted by molar-refractivity contribution is 0.0697. The molecule has 3 aromatic rings. The second-order valence-electron chi connectivity index (χ2n) is 6.63. The van der Waals surface area contributed by atoms with E-state index in [1.807, 2.05) is 30.3 Å². The number of carbonyl (C=O) groups is 1. The van der Waals surface area contributed by atoms with Gasteiger partial charge in [0.2, 0.25) is 6.79 Å². The molecule has 0 atom stereocenters. The molecule has 1 saturated heterocycles. The maximum Gasteiger partial charge on any atom is 0.335 e. The topological polar surface area (TPSA) is 75.1 Å². The molecule has 0 spiro atoms. The Bertz CT molecular complexity index is 959. The molecule has 146 valence electrons. The van der Waals surface area contributed by atoms with Crippen LogP contribution in [-0.4, -0.2) is 61.0 Å². The van der Waals surface area contributed by atoms with Crippen LogP contribution in [0.4, 0.5) is 5.13 Å². The summed E-state index contributed by atoms with van der Waals surface area (Å²) in [6.07, 6.45) is 0. The number of para-hydroxylation sites is 2. The molecule has 1 N–H and O–H groups in total. The van der Waals surface area contributed by atoms with Crippen LogP contribution in [0.3, 0.4) is 0 Å². The first-order chi connectivity index (χ1) is 13.6. The number of carboxylic acid groups (broad SMARTS) is 1. The monoisotopic (exact) mass is 399 g/mol. The Balaban J connectivity index is 0.000000177. The fraction of sp³-hybridized carbons (Fsp3) is 0.300. The highest BCUT2D eigenvalue weighted by Gasteiger charge is 2.18. The number of nitrogens with zero attached hydrogens (tertiary/aromatic N) is 3. The van der Waals surface area contributed by atoms with Crippen LogP contribution in [0.15, 0.2) is 42.5 Å². The van der Waals surface area contributed by atoms with Gasteiger partial charge < -0.3 is 24.4 Å². The zero-order valence-corrected chi connectivity index (χ0v) is 16.3. The quantitative estimate of drug-likeness (QED) is 0.709. The van der Waals surface area contributed by atoms with Gasteiger partial charge in [-0.3, -0.25) is 0 Å². The number of anilines is 1. The summed E-state index contributed by atoms with van der Waals surface area (Å²) in [7, 11) is 2.12. The first kappa shape index (κ1) is 18.5. The van der Waals surface area contributed by atoms with Crippen molar-refractivity contribution in [3.8, 4) is 11.5 Å². The number of likely N-dealkylation sites (N-methyl/N-ethyl adjacent to an activating group) is 1. The number of rotatable bonds is 2. The number of aromatic carboxylic acids is 1. The standard InChI is InChI=1S/C13H15N3O2S.C7H6O2/c1-15-4-6-16(7-5-15)13-14-10-8-9(12(17)18)2-3-11(10)19-13;1-2-4-7-6(3-1)8-5-9-7/h2-3,8H,4-7H2,1H3,(H,17,18);1-4H,5H2. The van der Waals surface area contributed by atoms with E-state index in [-0.39, 0.29) is 0 Å². The van der Waals surface area contributed by atoms with Crippen LogP contribution < -0.4 is 14.4 Å². The van der Waals surface area contributed by atoms with E-state index in [1.165, 1.54) is 0 Å². The predicted molar refractivity (Wildman–Crippen MR) is 109 cm³/mol. The smallest absolute Gasteiger partial charge is 0.335 e. The van der Waals surface area contributed by atoms with E-state index in [1.54, 1.807) is 23.5 Å². The summed E-state index contributed by atoms with van der Waals surface area (Å²) in [4.78, 5) is 20.1. The van der Waals surface area contributed by atoms with Crippen molar-refractivity contribution in [3.05, 3.63) is 48.0 Å². The van der Waals surface area contributed by atoms with E-state index in [9.17, 15) is 4.79 Å². The van der Waals surface area contributed by atoms with E-state index in [4.69, 9.17) is 14.6 Å². The highest BCUT2D eigenvalue weighted by atomic mass is 32.1. The fourth-order valence-corrected chi connectivity index (χ4v) is 4.02. The molecule has 0 aliphatic carbocycles. The van der Waals surface area contributed by atoms with Gasteiger partial charge in [0.25, 0.3) is 0 Å². The Labute approximate surface area is 166 Å². The van der Waals surface area contributed by atoms with Crippen molar-refractivity contribution in [2.24, 2.45) is 0 Å². The molecular formula is C20H21N3O4S. The normalized spacial score (nSPS) is 16.0. The van der Waals surface area contributed by atoms with Gasteiger partial charge in [0.1, 0.15) is 0 Å². The minimum absolute atomic E-state index is 0.294. The highest BCUT2D eigenvalue weighted by molar-refractivity contribution is 7.22. The molecule has 2 aliphatic heterocycles. The van der Waals surface area contributed by atoms with Crippen molar-refractivity contribution < 1.29 is 19.4 Å². The molecule has 2 aromatic carbocycles. The lowest BCUT2D eigenvalue weighted by Crippen LogP contribution is -2.44. The molecule has 0 radical (unpaired) electrons. The molecule has 7 nitrogen and oxygen atoms in total. The average Bonchev–Trinajstić information content (AvgIpc) is 3.35. The molecule has 3 heterocycles. The van der Waals surface area contributed by atoms with Crippen molar-refractivity contribution in [2.45, 2.75) is 0 Å². The van der Waals surface area contributed by atoms with Crippen molar-refractivity contribution in [2.75, 3.05) is 44.9 Å². The molecule has 0 bridgehead atoms. The minimum Gasteiger partial charge on any atom is -0.478 e. The van der Waals surface area contributed by atoms with Gasteiger partial charge in [-0.1, -0.05) is 23.5 Å². The number of hydrogen-bond acceptors (Lipinski definition) is 7. The van der Waals surface area contributed by atoms with E-state index >= 15 is 0 Å². The molecule has 0 amide bonds. The third-order valence-electron chi connectivity index (χ3n) is 4.68. The number of benzene rings is 2. The number of carboxylic acids is 1. The van der Waals surface area contributed by atoms with Crippen molar-refractivity contribution in [1.29, 1.82) is 0 Å². The number of thiazole rings is 1. The third kappa shape index (κ3) is 4.02. The Hall–Kier alpha value is -2.84. The molecule has 0 unspecified atom stereocenters. The maximum absolute atomic E-state index is 10.9. The first-order valence-electron chi connectivity index (χ1n) is 9.02. The maximum atomic E-state index is 10.9. The summed E-state index contributed by atoms with van der Waals surface area (Å²) in [6.45, 7) is 4.39. The Morgan fingerprint density at radius 3 is 2.39 bits per heavy atom. The van der Waals surface area contributed by atoms with Crippen LogP contribution >= 0.6 is 11.3 Å². The van der Waals surface area contributed by atoms with Gasteiger partial charge in [-0.15, -0.1) is 0 Å². The number of aromatic nitrogens is 1. The first-order valence-corrected chi connectivity index (χ1v) is 9.84. The van der Waals surface area contributed by atoms with Gasteiger partial charge in [-0.05, 0) is 37.4 Å². The zero-order valence-electron chi connectivity index (χ0n) is 15.5. The Morgan fingerprint density at radius 1 is 1.07 bits per heavy atom. The summed E-state index contributed by atoms with van der Waals surface area (Å²) in [5.74, 6) is 0.783. The number of ether oxygens (including phenoxy) is 2. The van der Waals surface area contributed by atoms with Gasteiger partial charge in [0.05, 0.1) is 15.8 Å². The number of fused-ring (bicyclic) bond motifs is 2. The molecule has 1 fully saturated rings. The van der Waals surface area contributed by atoms with Crippen molar-refractivity contribution >= 4 is 32.7 Å². The summed E-state index contributed by atoms with van der Waals surface area (Å²) in [5.41, 5.74) is 1.07. The SMILES string of the molecule is CN1CCN(c2nc3cc(C(=O)O)ccc3s2)CC1.c1ccc2c(c1)OCO2. The second kappa shape index (κ2) is 8.04. The average molecular weight is 399 g/mol. The molecule has 0 saturated carbocycles. The lowest BCUT2D eigenvalue weighted by atomic mass is 10.2. The number of hydrogen-bond donors (Lipinski definition) is 1. The van der Waals surface area contributed by atoms with E-state index in [0.717, 1.165) is 53.0 Å². The summed E-state index contributed by atoms with van der Waals surface area (Å²) >= 11 is 1.63. The zero-order chi connectivity index (χ0) is 19.5. The molecule has 8 heteroatoms. The number of piperazine rings is 1. The third-order valence-corrected chi connectivity index (χ3v) is 5.77. The van der Waals surface area contributed by atoms with Gasteiger partial charge in [0.15, 0.2) is 16.6 Å². The van der Waals surface area contributed by atoms with Crippen LogP contribution in [0.1, 0.15) is 10.4 Å². The Kier molecular flexibility index (Phi) is 5.31. The van der Waals surface area contributed by atoms with Crippen LogP contribution in [0.2, 0.25) is 0 Å². The molecule has 2 aliphatic rings. The fourth-order valence-electron chi connectivity index (χ4n) is 3.03. The Morgan fingerprint density at radius 2 is 1.75 bits per heavy atom. The lowest BCUT2D eigenvalue weighted by Gasteiger charge is -2.32. The van der Waals surface area contributed by atoms with Crippen LogP contribution in [-0.2, 0) is 0 Å². The molecule has 5 rings (SSSR count). The van der Waals surface area contributed by atoms with E-state index in [0.29, 0.717) is 12.4 Å². The largest absolute Gasteiger partial charge is 0.478 e. The van der Waals surface area contributed by atoms with Crippen LogP contribution in [0.5, 0.6) is 11.5 Å². The molecular weight excluding hydrogens is 378 g/mol. The van der Waals surface area contributed by atoms with Crippen LogP contribution in [0, 0.1) is 0 Å². The van der Waals surface area contributed by atoms with Gasteiger partial charge in [-0.25, -0.2) is 9.78 Å². The summed E-state index contributed by atoms with van der Waals surface area (Å²) in [6, 6.07) is 12.8. The van der Waals surface area contributed by atoms with Crippen molar-refractivity contribution in [3.63, 3.8) is 0 Å². The minimum atomic E-state index is -0.906. The molecule has 28 heavy (non-hydrogen) atoms. The van der Waals surface area contributed by atoms with Gasteiger partial charge >= 0.3 is 5.97 Å².